The maximum absolute atomic E-state index is 12.9. The Bertz CT molecular complexity index is 992. The number of nitrogens with one attached hydrogen (secondary N) is 2. The second-order valence-corrected chi connectivity index (χ2v) is 8.55. The molecule has 0 spiro atoms. The van der Waals surface area contributed by atoms with E-state index in [1.807, 2.05) is 24.3 Å². The summed E-state index contributed by atoms with van der Waals surface area (Å²) in [4.78, 5) is 51.2. The van der Waals surface area contributed by atoms with E-state index >= 15 is 0 Å². The molecular formula is C25H29N3O4. The van der Waals surface area contributed by atoms with E-state index in [-0.39, 0.29) is 42.5 Å². The number of carbonyl (C=O) groups is 4. The predicted octanol–water partition coefficient (Wildman–Crippen LogP) is 3.03. The minimum Gasteiger partial charge on any atom is -0.354 e. The Kier molecular flexibility index (Phi) is 6.83. The first-order valence-electron chi connectivity index (χ1n) is 11.5. The Balaban J connectivity index is 1.21. The maximum atomic E-state index is 12.9. The summed E-state index contributed by atoms with van der Waals surface area (Å²) >= 11 is 0. The van der Waals surface area contributed by atoms with Crippen molar-refractivity contribution in [2.75, 3.05) is 19.6 Å². The Hall–Kier alpha value is -3.22. The van der Waals surface area contributed by atoms with Crippen LogP contribution in [0.5, 0.6) is 0 Å². The molecule has 7 nitrogen and oxygen atoms in total. The highest BCUT2D eigenvalue weighted by Crippen LogP contribution is 2.30. The zero-order valence-electron chi connectivity index (χ0n) is 18.2. The molecule has 0 saturated heterocycles. The van der Waals surface area contributed by atoms with Gasteiger partial charge in [-0.05, 0) is 36.8 Å². The van der Waals surface area contributed by atoms with Crippen LogP contribution in [0.1, 0.15) is 65.7 Å². The van der Waals surface area contributed by atoms with Gasteiger partial charge < -0.3 is 10.6 Å². The van der Waals surface area contributed by atoms with E-state index in [1.165, 1.54) is 11.3 Å². The molecule has 168 valence electrons. The molecule has 1 heterocycles. The SMILES string of the molecule is O=C(CCCN1C(=O)c2cccc3cccc(c23)C1=O)NCCNC(=O)C1CCCCC1. The van der Waals surface area contributed by atoms with Crippen molar-refractivity contribution in [1.82, 2.24) is 15.5 Å². The quantitative estimate of drug-likeness (QED) is 0.492. The van der Waals surface area contributed by atoms with Gasteiger partial charge in [0.1, 0.15) is 0 Å². The fourth-order valence-electron chi connectivity index (χ4n) is 4.67. The third kappa shape index (κ3) is 4.66. The van der Waals surface area contributed by atoms with Gasteiger partial charge in [0.15, 0.2) is 0 Å². The van der Waals surface area contributed by atoms with Crippen LogP contribution in [0.25, 0.3) is 10.8 Å². The van der Waals surface area contributed by atoms with Gasteiger partial charge in [-0.25, -0.2) is 0 Å². The number of hydrogen-bond acceptors (Lipinski definition) is 4. The third-order valence-corrected chi connectivity index (χ3v) is 6.36. The fourth-order valence-corrected chi connectivity index (χ4v) is 4.67. The second kappa shape index (κ2) is 9.94. The van der Waals surface area contributed by atoms with Crippen LogP contribution >= 0.6 is 0 Å². The molecule has 2 aliphatic rings. The molecule has 1 fully saturated rings. The summed E-state index contributed by atoms with van der Waals surface area (Å²) in [5, 5.41) is 7.26. The molecule has 0 unspecified atom stereocenters. The number of carbonyl (C=O) groups excluding carboxylic acids is 4. The minimum atomic E-state index is -0.315. The van der Waals surface area contributed by atoms with E-state index in [0.29, 0.717) is 36.0 Å². The fraction of sp³-hybridized carbons (Fsp3) is 0.440. The van der Waals surface area contributed by atoms with Crippen molar-refractivity contribution in [3.63, 3.8) is 0 Å². The van der Waals surface area contributed by atoms with Gasteiger partial charge in [-0.15, -0.1) is 0 Å². The Labute approximate surface area is 187 Å². The maximum Gasteiger partial charge on any atom is 0.261 e. The van der Waals surface area contributed by atoms with Crippen molar-refractivity contribution >= 4 is 34.4 Å². The molecule has 32 heavy (non-hydrogen) atoms. The predicted molar refractivity (Wildman–Crippen MR) is 121 cm³/mol. The molecule has 4 rings (SSSR count). The Morgan fingerprint density at radius 3 is 2.16 bits per heavy atom. The van der Waals surface area contributed by atoms with Crippen molar-refractivity contribution in [3.8, 4) is 0 Å². The summed E-state index contributed by atoms with van der Waals surface area (Å²) in [6.45, 7) is 0.966. The molecule has 0 aromatic heterocycles. The lowest BCUT2D eigenvalue weighted by Crippen LogP contribution is -2.41. The zero-order chi connectivity index (χ0) is 22.5. The first kappa shape index (κ1) is 22.0. The highest BCUT2D eigenvalue weighted by molar-refractivity contribution is 6.25. The molecule has 1 aliphatic heterocycles. The Morgan fingerprint density at radius 2 is 1.50 bits per heavy atom. The highest BCUT2D eigenvalue weighted by Gasteiger charge is 2.32. The lowest BCUT2D eigenvalue weighted by atomic mass is 9.89. The number of benzene rings is 2. The molecule has 2 aromatic carbocycles. The van der Waals surface area contributed by atoms with Crippen LogP contribution < -0.4 is 10.6 Å². The Morgan fingerprint density at radius 1 is 0.875 bits per heavy atom. The highest BCUT2D eigenvalue weighted by atomic mass is 16.2. The standard InChI is InChI=1S/C25H29N3O4/c29-21(26-14-15-27-23(30)18-7-2-1-3-8-18)13-6-16-28-24(31)19-11-4-9-17-10-5-12-20(22(17)19)25(28)32/h4-5,9-12,18H,1-3,6-8,13-16H2,(H,26,29)(H,27,30). The monoisotopic (exact) mass is 435 g/mol. The largest absolute Gasteiger partial charge is 0.354 e. The average molecular weight is 436 g/mol. The number of rotatable bonds is 8. The van der Waals surface area contributed by atoms with E-state index in [4.69, 9.17) is 0 Å². The summed E-state index contributed by atoms with van der Waals surface area (Å²) in [7, 11) is 0. The van der Waals surface area contributed by atoms with Gasteiger partial charge in [-0.1, -0.05) is 43.5 Å². The van der Waals surface area contributed by atoms with Gasteiger partial charge in [0.25, 0.3) is 11.8 Å². The van der Waals surface area contributed by atoms with E-state index in [9.17, 15) is 19.2 Å². The van der Waals surface area contributed by atoms with Crippen LogP contribution in [-0.4, -0.2) is 48.2 Å². The van der Waals surface area contributed by atoms with E-state index in [0.717, 1.165) is 31.1 Å². The van der Waals surface area contributed by atoms with Crippen LogP contribution in [0.15, 0.2) is 36.4 Å². The molecule has 0 radical (unpaired) electrons. The van der Waals surface area contributed by atoms with Gasteiger partial charge in [-0.2, -0.15) is 0 Å². The van der Waals surface area contributed by atoms with Crippen molar-refractivity contribution in [2.45, 2.75) is 44.9 Å². The average Bonchev–Trinajstić information content (AvgIpc) is 2.82. The second-order valence-electron chi connectivity index (χ2n) is 8.55. The first-order valence-corrected chi connectivity index (χ1v) is 11.5. The van der Waals surface area contributed by atoms with Crippen LogP contribution in [0.4, 0.5) is 0 Å². The molecule has 0 atom stereocenters. The molecular weight excluding hydrogens is 406 g/mol. The van der Waals surface area contributed by atoms with Crippen molar-refractivity contribution in [1.29, 1.82) is 0 Å². The number of imide groups is 1. The molecule has 1 saturated carbocycles. The smallest absolute Gasteiger partial charge is 0.261 e. The normalized spacial score (nSPS) is 16.3. The van der Waals surface area contributed by atoms with Crippen molar-refractivity contribution in [3.05, 3.63) is 47.5 Å². The van der Waals surface area contributed by atoms with Crippen molar-refractivity contribution in [2.24, 2.45) is 5.92 Å². The van der Waals surface area contributed by atoms with E-state index < -0.39 is 0 Å². The number of amides is 4. The summed E-state index contributed by atoms with van der Waals surface area (Å²) < 4.78 is 0. The summed E-state index contributed by atoms with van der Waals surface area (Å²) in [5.74, 6) is -0.599. The van der Waals surface area contributed by atoms with Crippen LogP contribution in [0.2, 0.25) is 0 Å². The molecule has 4 amide bonds. The molecule has 2 N–H and O–H groups in total. The molecule has 0 bridgehead atoms. The molecule has 2 aromatic rings. The summed E-state index contributed by atoms with van der Waals surface area (Å²) in [6, 6.07) is 10.9. The number of nitrogens with zero attached hydrogens (tertiary/aromatic N) is 1. The number of hydrogen-bond donors (Lipinski definition) is 2. The van der Waals surface area contributed by atoms with Crippen LogP contribution in [-0.2, 0) is 9.59 Å². The van der Waals surface area contributed by atoms with E-state index in [2.05, 4.69) is 10.6 Å². The molecule has 7 heteroatoms. The van der Waals surface area contributed by atoms with Gasteiger partial charge in [-0.3, -0.25) is 24.1 Å². The minimum absolute atomic E-state index is 0.0800. The van der Waals surface area contributed by atoms with Gasteiger partial charge in [0.2, 0.25) is 11.8 Å². The summed E-state index contributed by atoms with van der Waals surface area (Å²) in [5.41, 5.74) is 1.05. The van der Waals surface area contributed by atoms with Gasteiger partial charge in [0.05, 0.1) is 0 Å². The van der Waals surface area contributed by atoms with Crippen molar-refractivity contribution < 1.29 is 19.2 Å². The molecule has 1 aliphatic carbocycles. The van der Waals surface area contributed by atoms with Gasteiger partial charge in [0, 0.05) is 48.5 Å². The topological polar surface area (TPSA) is 95.6 Å². The lowest BCUT2D eigenvalue weighted by Gasteiger charge is -2.27. The van der Waals surface area contributed by atoms with E-state index in [1.54, 1.807) is 12.1 Å². The zero-order valence-corrected chi connectivity index (χ0v) is 18.2. The first-order chi connectivity index (χ1) is 15.6. The third-order valence-electron chi connectivity index (χ3n) is 6.36. The summed E-state index contributed by atoms with van der Waals surface area (Å²) in [6.07, 6.45) is 5.91. The van der Waals surface area contributed by atoms with Gasteiger partial charge >= 0.3 is 0 Å². The van der Waals surface area contributed by atoms with Crippen LogP contribution in [0.3, 0.4) is 0 Å². The lowest BCUT2D eigenvalue weighted by molar-refractivity contribution is -0.126. The van der Waals surface area contributed by atoms with Crippen LogP contribution in [0, 0.1) is 5.92 Å².